The number of carbonyl (C=O) groups is 1. The summed E-state index contributed by atoms with van der Waals surface area (Å²) in [7, 11) is 0. The average molecular weight is 279 g/mol. The first-order valence-corrected chi connectivity index (χ1v) is 6.45. The molecule has 2 heterocycles. The molecule has 21 heavy (non-hydrogen) atoms. The molecule has 3 aromatic rings. The fourth-order valence-corrected chi connectivity index (χ4v) is 2.46. The predicted molar refractivity (Wildman–Crippen MR) is 79.4 cm³/mol. The van der Waals surface area contributed by atoms with E-state index in [1.165, 1.54) is 6.20 Å². The van der Waals surface area contributed by atoms with E-state index in [1.807, 2.05) is 25.1 Å². The molecule has 5 heteroatoms. The van der Waals surface area contributed by atoms with Crippen LogP contribution in [0.2, 0.25) is 0 Å². The van der Waals surface area contributed by atoms with Crippen molar-refractivity contribution in [2.24, 2.45) is 5.73 Å². The van der Waals surface area contributed by atoms with E-state index < -0.39 is 5.91 Å². The Morgan fingerprint density at radius 2 is 2.10 bits per heavy atom. The summed E-state index contributed by atoms with van der Waals surface area (Å²) in [5.41, 5.74) is 7.71. The number of carbonyl (C=O) groups excluding carboxylic acids is 1. The van der Waals surface area contributed by atoms with E-state index in [4.69, 9.17) is 5.73 Å². The minimum atomic E-state index is -0.586. The number of nitrogens with zero attached hydrogens (tertiary/aromatic N) is 2. The summed E-state index contributed by atoms with van der Waals surface area (Å²) < 4.78 is 0.816. The quantitative estimate of drug-likeness (QED) is 0.575. The van der Waals surface area contributed by atoms with Crippen LogP contribution in [-0.4, -0.2) is 10.9 Å². The van der Waals surface area contributed by atoms with Gasteiger partial charge in [-0.15, -0.1) is 0 Å². The second-order valence-corrected chi connectivity index (χ2v) is 4.83. The number of aryl methyl sites for hydroxylation is 1. The number of hydrogen-bond acceptors (Lipinski definition) is 3. The summed E-state index contributed by atoms with van der Waals surface area (Å²) in [6, 6.07) is 10.8. The van der Waals surface area contributed by atoms with E-state index in [1.54, 1.807) is 24.4 Å². The van der Waals surface area contributed by atoms with Crippen LogP contribution in [0.15, 0.2) is 48.8 Å². The third-order valence-electron chi connectivity index (χ3n) is 3.43. The maximum atomic E-state index is 12.0. The van der Waals surface area contributed by atoms with E-state index >= 15 is 0 Å². The SMILES string of the molecule is Cc1ccc[n+]([O-])c1-c1ccc2ccnc(C(N)=O)c2c1. The molecular weight excluding hydrogens is 266 g/mol. The van der Waals surface area contributed by atoms with Crippen LogP contribution in [0.5, 0.6) is 0 Å². The first-order valence-electron chi connectivity index (χ1n) is 6.45. The molecule has 0 aliphatic heterocycles. The van der Waals surface area contributed by atoms with E-state index in [0.717, 1.165) is 21.2 Å². The number of amides is 1. The molecule has 0 fully saturated rings. The van der Waals surface area contributed by atoms with Crippen LogP contribution in [-0.2, 0) is 0 Å². The summed E-state index contributed by atoms with van der Waals surface area (Å²) in [6.07, 6.45) is 2.99. The van der Waals surface area contributed by atoms with Crippen LogP contribution < -0.4 is 10.5 Å². The third-order valence-corrected chi connectivity index (χ3v) is 3.43. The molecule has 3 rings (SSSR count). The van der Waals surface area contributed by atoms with E-state index in [0.29, 0.717) is 11.1 Å². The van der Waals surface area contributed by atoms with Crippen molar-refractivity contribution < 1.29 is 9.52 Å². The van der Waals surface area contributed by atoms with Crippen LogP contribution in [0.1, 0.15) is 16.1 Å². The molecule has 0 unspecified atom stereocenters. The zero-order chi connectivity index (χ0) is 15.0. The van der Waals surface area contributed by atoms with Gasteiger partial charge >= 0.3 is 0 Å². The minimum absolute atomic E-state index is 0.209. The summed E-state index contributed by atoms with van der Waals surface area (Å²) in [4.78, 5) is 15.5. The van der Waals surface area contributed by atoms with E-state index in [9.17, 15) is 10.0 Å². The van der Waals surface area contributed by atoms with Gasteiger partial charge in [0.15, 0.2) is 6.20 Å². The molecule has 5 nitrogen and oxygen atoms in total. The minimum Gasteiger partial charge on any atom is -0.618 e. The number of primary amides is 1. The zero-order valence-electron chi connectivity index (χ0n) is 11.4. The highest BCUT2D eigenvalue weighted by Gasteiger charge is 2.15. The van der Waals surface area contributed by atoms with Crippen LogP contribution in [0.25, 0.3) is 22.0 Å². The molecule has 0 saturated carbocycles. The van der Waals surface area contributed by atoms with Crippen LogP contribution in [0.3, 0.4) is 0 Å². The van der Waals surface area contributed by atoms with Crippen LogP contribution >= 0.6 is 0 Å². The molecule has 2 aromatic heterocycles. The predicted octanol–water partition coefficient (Wildman–Crippen LogP) is 1.94. The van der Waals surface area contributed by atoms with Gasteiger partial charge in [0.25, 0.3) is 5.91 Å². The lowest BCUT2D eigenvalue weighted by Crippen LogP contribution is -2.29. The van der Waals surface area contributed by atoms with E-state index in [2.05, 4.69) is 4.98 Å². The van der Waals surface area contributed by atoms with Crippen molar-refractivity contribution in [1.29, 1.82) is 0 Å². The van der Waals surface area contributed by atoms with Crippen LogP contribution in [0.4, 0.5) is 0 Å². The first kappa shape index (κ1) is 13.1. The number of pyridine rings is 2. The van der Waals surface area contributed by atoms with Gasteiger partial charge in [-0.3, -0.25) is 9.78 Å². The van der Waals surface area contributed by atoms with Crippen molar-refractivity contribution in [3.63, 3.8) is 0 Å². The van der Waals surface area contributed by atoms with Gasteiger partial charge in [-0.2, -0.15) is 4.73 Å². The van der Waals surface area contributed by atoms with Gasteiger partial charge in [-0.1, -0.05) is 6.07 Å². The number of rotatable bonds is 2. The van der Waals surface area contributed by atoms with Crippen molar-refractivity contribution in [2.45, 2.75) is 6.92 Å². The Bertz CT molecular complexity index is 839. The molecule has 104 valence electrons. The maximum Gasteiger partial charge on any atom is 0.267 e. The largest absolute Gasteiger partial charge is 0.618 e. The van der Waals surface area contributed by atoms with Gasteiger partial charge in [-0.05, 0) is 36.6 Å². The van der Waals surface area contributed by atoms with Crippen molar-refractivity contribution >= 4 is 16.7 Å². The molecule has 0 atom stereocenters. The second-order valence-electron chi connectivity index (χ2n) is 4.83. The summed E-state index contributed by atoms with van der Waals surface area (Å²) >= 11 is 0. The number of fused-ring (bicyclic) bond motifs is 1. The van der Waals surface area contributed by atoms with Gasteiger partial charge in [0.1, 0.15) is 5.69 Å². The monoisotopic (exact) mass is 279 g/mol. The van der Waals surface area contributed by atoms with E-state index in [-0.39, 0.29) is 5.69 Å². The van der Waals surface area contributed by atoms with Gasteiger partial charge < -0.3 is 10.9 Å². The number of aromatic nitrogens is 2. The molecule has 2 N–H and O–H groups in total. The van der Waals surface area contributed by atoms with Gasteiger partial charge in [0.2, 0.25) is 5.69 Å². The second kappa shape index (κ2) is 4.86. The maximum absolute atomic E-state index is 12.0. The van der Waals surface area contributed by atoms with Crippen molar-refractivity contribution in [3.8, 4) is 11.3 Å². The van der Waals surface area contributed by atoms with Gasteiger partial charge in [0.05, 0.1) is 0 Å². The fraction of sp³-hybridized carbons (Fsp3) is 0.0625. The lowest BCUT2D eigenvalue weighted by atomic mass is 10.0. The molecule has 1 aromatic carbocycles. The topological polar surface area (TPSA) is 82.9 Å². The Kier molecular flexibility index (Phi) is 3.02. The third kappa shape index (κ3) is 2.18. The molecule has 1 amide bonds. The van der Waals surface area contributed by atoms with Gasteiger partial charge in [0, 0.05) is 28.8 Å². The normalized spacial score (nSPS) is 10.7. The lowest BCUT2D eigenvalue weighted by molar-refractivity contribution is -0.594. The molecular formula is C16H13N3O2. The van der Waals surface area contributed by atoms with Crippen molar-refractivity contribution in [2.75, 3.05) is 0 Å². The Labute approximate surface area is 121 Å². The molecule has 0 saturated heterocycles. The average Bonchev–Trinajstić information content (AvgIpc) is 2.46. The zero-order valence-corrected chi connectivity index (χ0v) is 11.4. The highest BCUT2D eigenvalue weighted by Crippen LogP contribution is 2.25. The standard InChI is InChI=1S/C16H13N3O2/c1-10-3-2-8-19(21)15(10)12-5-4-11-6-7-18-14(16(17)20)13(11)9-12/h2-9H,1H3,(H2,17,20). The van der Waals surface area contributed by atoms with Crippen molar-refractivity contribution in [3.05, 3.63) is 65.3 Å². The Balaban J connectivity index is 2.31. The Morgan fingerprint density at radius 3 is 2.81 bits per heavy atom. The summed E-state index contributed by atoms with van der Waals surface area (Å²) in [6.45, 7) is 1.87. The highest BCUT2D eigenvalue weighted by atomic mass is 16.5. The molecule has 0 bridgehead atoms. The lowest BCUT2D eigenvalue weighted by Gasteiger charge is -2.09. The molecule has 0 radical (unpaired) electrons. The number of nitrogens with two attached hydrogens (primary N) is 1. The molecule has 0 spiro atoms. The molecule has 0 aliphatic rings. The fourth-order valence-electron chi connectivity index (χ4n) is 2.46. The summed E-state index contributed by atoms with van der Waals surface area (Å²) in [5, 5.41) is 13.5. The van der Waals surface area contributed by atoms with Gasteiger partial charge in [-0.25, -0.2) is 0 Å². The highest BCUT2D eigenvalue weighted by molar-refractivity contribution is 6.05. The van der Waals surface area contributed by atoms with Crippen LogP contribution in [0, 0.1) is 12.1 Å². The smallest absolute Gasteiger partial charge is 0.267 e. The Morgan fingerprint density at radius 1 is 1.29 bits per heavy atom. The summed E-state index contributed by atoms with van der Waals surface area (Å²) in [5.74, 6) is -0.586. The Hall–Kier alpha value is -2.95. The number of benzene rings is 1. The van der Waals surface area contributed by atoms with Crippen molar-refractivity contribution in [1.82, 2.24) is 4.98 Å². The molecule has 0 aliphatic carbocycles. The number of hydrogen-bond donors (Lipinski definition) is 1. The first-order chi connectivity index (χ1) is 10.1.